The number of thiophene rings is 1. The van der Waals surface area contributed by atoms with E-state index < -0.39 is 23.9 Å². The van der Waals surface area contributed by atoms with Gasteiger partial charge in [0.25, 0.3) is 6.08 Å². The van der Waals surface area contributed by atoms with Gasteiger partial charge in [-0.15, -0.1) is 11.3 Å². The third-order valence-electron chi connectivity index (χ3n) is 4.42. The quantitative estimate of drug-likeness (QED) is 0.371. The molecule has 186 valence electrons. The lowest BCUT2D eigenvalue weighted by atomic mass is 10.1. The summed E-state index contributed by atoms with van der Waals surface area (Å²) in [5, 5.41) is 18.6. The summed E-state index contributed by atoms with van der Waals surface area (Å²) in [5.41, 5.74) is 6.79. The van der Waals surface area contributed by atoms with Gasteiger partial charge in [-0.25, -0.2) is 18.9 Å². The minimum Gasteiger partial charge on any atom is -0.475 e. The van der Waals surface area contributed by atoms with Crippen LogP contribution in [-0.4, -0.2) is 48.5 Å². The molecule has 0 unspecified atom stereocenters. The number of rotatable bonds is 6. The Balaban J connectivity index is 0.000000429. The fraction of sp³-hybridized carbons (Fsp3) is 0.211. The normalized spacial score (nSPS) is 11.3. The summed E-state index contributed by atoms with van der Waals surface area (Å²) in [7, 11) is 0. The van der Waals surface area contributed by atoms with Crippen molar-refractivity contribution >= 4 is 28.3 Å². The van der Waals surface area contributed by atoms with Gasteiger partial charge in [-0.2, -0.15) is 27.1 Å². The minimum absolute atomic E-state index is 0.289. The van der Waals surface area contributed by atoms with Gasteiger partial charge in [-0.3, -0.25) is 4.57 Å². The third kappa shape index (κ3) is 6.36. The summed E-state index contributed by atoms with van der Waals surface area (Å²) in [6, 6.07) is 9.46. The largest absolute Gasteiger partial charge is 0.490 e. The second-order valence-electron chi connectivity index (χ2n) is 6.80. The van der Waals surface area contributed by atoms with Crippen LogP contribution < -0.4 is 11.4 Å². The fourth-order valence-electron chi connectivity index (χ4n) is 2.69. The molecule has 3 aromatic heterocycles. The molecule has 0 saturated carbocycles. The standard InChI is InChI=1S/C17H14F2N6O2S.C2HF3O2/c18-16(19)11(6-20)7-25-17(26)24(9-21-25)8-12-2-4-15(28-12)10-1-3-13-14(5-10)23-27-22-13;3-2(4,5)1(6)7/h1-5,9H,6-8,20H2;(H,6,7). The van der Waals surface area contributed by atoms with Crippen molar-refractivity contribution in [1.82, 2.24) is 24.7 Å². The van der Waals surface area contributed by atoms with E-state index in [0.717, 1.165) is 20.0 Å². The predicted octanol–water partition coefficient (Wildman–Crippen LogP) is 3.10. The number of carbonyl (C=O) groups is 1. The molecule has 0 aliphatic carbocycles. The third-order valence-corrected chi connectivity index (χ3v) is 5.54. The van der Waals surface area contributed by atoms with Crippen LogP contribution in [0, 0.1) is 0 Å². The summed E-state index contributed by atoms with van der Waals surface area (Å²) >= 11 is 1.51. The van der Waals surface area contributed by atoms with Crippen LogP contribution in [0.3, 0.4) is 0 Å². The summed E-state index contributed by atoms with van der Waals surface area (Å²) < 4.78 is 64.3. The van der Waals surface area contributed by atoms with Crippen LogP contribution in [0.15, 0.2) is 57.7 Å². The first kappa shape index (κ1) is 25.7. The molecule has 4 aromatic rings. The van der Waals surface area contributed by atoms with Gasteiger partial charge in [0, 0.05) is 21.9 Å². The Morgan fingerprint density at radius 1 is 1.14 bits per heavy atom. The van der Waals surface area contributed by atoms with Crippen molar-refractivity contribution in [3.63, 3.8) is 0 Å². The number of benzene rings is 1. The highest BCUT2D eigenvalue weighted by Crippen LogP contribution is 2.30. The van der Waals surface area contributed by atoms with Crippen LogP contribution in [-0.2, 0) is 17.9 Å². The van der Waals surface area contributed by atoms with Crippen LogP contribution in [0.4, 0.5) is 22.0 Å². The number of carboxylic acids is 1. The van der Waals surface area contributed by atoms with Crippen molar-refractivity contribution in [2.45, 2.75) is 19.3 Å². The molecule has 3 heterocycles. The van der Waals surface area contributed by atoms with Gasteiger partial charge in [0.05, 0.1) is 13.1 Å². The zero-order chi connectivity index (χ0) is 25.8. The van der Waals surface area contributed by atoms with Gasteiger partial charge >= 0.3 is 17.8 Å². The molecule has 0 bridgehead atoms. The van der Waals surface area contributed by atoms with E-state index in [1.165, 1.54) is 22.2 Å². The van der Waals surface area contributed by atoms with Crippen molar-refractivity contribution in [3.8, 4) is 10.4 Å². The number of nitrogens with zero attached hydrogens (tertiary/aromatic N) is 5. The number of aromatic nitrogens is 5. The summed E-state index contributed by atoms with van der Waals surface area (Å²) in [5.74, 6) is -2.76. The molecule has 0 radical (unpaired) electrons. The highest BCUT2D eigenvalue weighted by atomic mass is 32.1. The van der Waals surface area contributed by atoms with Crippen LogP contribution >= 0.6 is 11.3 Å². The molecule has 4 rings (SSSR count). The van der Waals surface area contributed by atoms with E-state index in [2.05, 4.69) is 15.4 Å². The smallest absolute Gasteiger partial charge is 0.475 e. The molecule has 0 fully saturated rings. The monoisotopic (exact) mass is 518 g/mol. The highest BCUT2D eigenvalue weighted by Gasteiger charge is 2.38. The van der Waals surface area contributed by atoms with Crippen molar-refractivity contribution in [2.24, 2.45) is 5.73 Å². The Morgan fingerprint density at radius 3 is 2.46 bits per heavy atom. The minimum atomic E-state index is -5.08. The maximum atomic E-state index is 12.7. The molecule has 0 saturated heterocycles. The van der Waals surface area contributed by atoms with Gasteiger partial charge < -0.3 is 10.8 Å². The molecule has 16 heteroatoms. The lowest BCUT2D eigenvalue weighted by molar-refractivity contribution is -0.192. The molecule has 3 N–H and O–H groups in total. The van der Waals surface area contributed by atoms with E-state index in [-0.39, 0.29) is 25.2 Å². The van der Waals surface area contributed by atoms with Crippen LogP contribution in [0.25, 0.3) is 21.5 Å². The molecule has 10 nitrogen and oxygen atoms in total. The number of aliphatic carboxylic acids is 1. The number of fused-ring (bicyclic) bond motifs is 1. The predicted molar refractivity (Wildman–Crippen MR) is 113 cm³/mol. The van der Waals surface area contributed by atoms with Gasteiger partial charge in [-0.05, 0) is 40.1 Å². The van der Waals surface area contributed by atoms with E-state index in [0.29, 0.717) is 11.0 Å². The van der Waals surface area contributed by atoms with Crippen LogP contribution in [0.1, 0.15) is 4.88 Å². The number of hydrogen-bond acceptors (Lipinski definition) is 8. The van der Waals surface area contributed by atoms with E-state index >= 15 is 0 Å². The van der Waals surface area contributed by atoms with E-state index in [9.17, 15) is 26.7 Å². The molecule has 0 aliphatic heterocycles. The molecular formula is C19H15F5N6O4S. The van der Waals surface area contributed by atoms with Gasteiger partial charge in [0.15, 0.2) is 0 Å². The van der Waals surface area contributed by atoms with Crippen molar-refractivity contribution in [1.29, 1.82) is 0 Å². The average molecular weight is 518 g/mol. The van der Waals surface area contributed by atoms with Gasteiger partial charge in [0.1, 0.15) is 17.4 Å². The first-order chi connectivity index (χ1) is 16.5. The SMILES string of the molecule is NCC(Cn1ncn(Cc2ccc(-c3ccc4nonc4c3)s2)c1=O)=C(F)F.O=C(O)C(F)(F)F. The summed E-state index contributed by atoms with van der Waals surface area (Å²) in [6.45, 7) is -0.371. The number of carboxylic acid groups (broad SMARTS) is 1. The number of hydrogen-bond donors (Lipinski definition) is 2. The second-order valence-corrected chi connectivity index (χ2v) is 7.97. The van der Waals surface area contributed by atoms with Crippen molar-refractivity contribution < 1.29 is 36.5 Å². The molecule has 0 atom stereocenters. The topological polar surface area (TPSA) is 142 Å². The Bertz CT molecular complexity index is 1420. The first-order valence-corrected chi connectivity index (χ1v) is 10.3. The average Bonchev–Trinajstić information content (AvgIpc) is 3.53. The van der Waals surface area contributed by atoms with E-state index in [1.807, 2.05) is 30.3 Å². The van der Waals surface area contributed by atoms with Crippen LogP contribution in [0.2, 0.25) is 0 Å². The maximum Gasteiger partial charge on any atom is 0.490 e. The Hall–Kier alpha value is -3.92. The van der Waals surface area contributed by atoms with E-state index in [1.54, 1.807) is 0 Å². The Labute approximate surface area is 195 Å². The summed E-state index contributed by atoms with van der Waals surface area (Å²) in [4.78, 5) is 23.2. The zero-order valence-corrected chi connectivity index (χ0v) is 18.2. The van der Waals surface area contributed by atoms with Crippen LogP contribution in [0.5, 0.6) is 0 Å². The fourth-order valence-corrected chi connectivity index (χ4v) is 3.70. The molecule has 0 aliphatic rings. The molecule has 0 amide bonds. The van der Waals surface area contributed by atoms with E-state index in [4.69, 9.17) is 20.3 Å². The lowest BCUT2D eigenvalue weighted by Crippen LogP contribution is -2.27. The number of halogens is 5. The molecule has 1 aromatic carbocycles. The summed E-state index contributed by atoms with van der Waals surface area (Å²) in [6.07, 6.45) is -5.63. The lowest BCUT2D eigenvalue weighted by Gasteiger charge is -2.02. The zero-order valence-electron chi connectivity index (χ0n) is 17.4. The maximum absolute atomic E-state index is 12.7. The number of alkyl halides is 3. The van der Waals surface area contributed by atoms with Gasteiger partial charge in [0.2, 0.25) is 0 Å². The highest BCUT2D eigenvalue weighted by molar-refractivity contribution is 7.15. The first-order valence-electron chi connectivity index (χ1n) is 9.46. The van der Waals surface area contributed by atoms with Crippen molar-refractivity contribution in [3.05, 3.63) is 63.7 Å². The molecule has 0 spiro atoms. The Kier molecular flexibility index (Phi) is 7.75. The molecular weight excluding hydrogens is 503 g/mol. The number of nitrogens with two attached hydrogens (primary N) is 1. The molecule has 35 heavy (non-hydrogen) atoms. The van der Waals surface area contributed by atoms with Gasteiger partial charge in [-0.1, -0.05) is 6.07 Å². The van der Waals surface area contributed by atoms with Crippen molar-refractivity contribution in [2.75, 3.05) is 6.54 Å². The second kappa shape index (κ2) is 10.6. The Morgan fingerprint density at radius 2 is 1.83 bits per heavy atom.